The maximum absolute atomic E-state index is 5.43. The normalized spacial score (nSPS) is 17.7. The van der Waals surface area contributed by atoms with Crippen molar-refractivity contribution in [2.75, 3.05) is 39.3 Å². The largest absolute Gasteiger partial charge is 0.360 e. The molecule has 114 valence electrons. The summed E-state index contributed by atoms with van der Waals surface area (Å²) in [7, 11) is 0. The number of nitrogens with one attached hydrogen (secondary N) is 1. The highest BCUT2D eigenvalue weighted by Gasteiger charge is 2.17. The number of hydrogen-bond donors (Lipinski definition) is 1. The van der Waals surface area contributed by atoms with Crippen LogP contribution in [-0.2, 0) is 13.1 Å². The van der Waals surface area contributed by atoms with E-state index < -0.39 is 0 Å². The average Bonchev–Trinajstić information content (AvgIpc) is 2.89. The van der Waals surface area contributed by atoms with Gasteiger partial charge < -0.3 is 14.7 Å². The van der Waals surface area contributed by atoms with E-state index in [1.54, 1.807) is 0 Å². The van der Waals surface area contributed by atoms with Crippen molar-refractivity contribution in [1.82, 2.24) is 20.3 Å². The van der Waals surface area contributed by atoms with E-state index in [9.17, 15) is 0 Å². The standard InChI is InChI=1S/C15H28N4O/c1-3-5-16-12-14-11-15(20-17-14)13-19-9-7-18(6-4-2)8-10-19/h11,16H,3-10,12-13H2,1-2H3. The molecule has 2 rings (SSSR count). The Balaban J connectivity index is 1.71. The zero-order valence-electron chi connectivity index (χ0n) is 12.9. The van der Waals surface area contributed by atoms with Crippen molar-refractivity contribution in [3.05, 3.63) is 17.5 Å². The van der Waals surface area contributed by atoms with Crippen LogP contribution in [0.1, 0.15) is 38.1 Å². The summed E-state index contributed by atoms with van der Waals surface area (Å²) in [5.74, 6) is 0.988. The molecule has 1 aromatic heterocycles. The molecule has 0 radical (unpaired) electrons. The first-order valence-electron chi connectivity index (χ1n) is 7.91. The molecule has 1 saturated heterocycles. The number of nitrogens with zero attached hydrogens (tertiary/aromatic N) is 3. The van der Waals surface area contributed by atoms with Crippen LogP contribution in [0.2, 0.25) is 0 Å². The van der Waals surface area contributed by atoms with Gasteiger partial charge in [-0.25, -0.2) is 0 Å². The molecule has 0 unspecified atom stereocenters. The third-order valence-electron chi connectivity index (χ3n) is 3.72. The molecule has 2 heterocycles. The molecule has 0 saturated carbocycles. The van der Waals surface area contributed by atoms with Crippen molar-refractivity contribution < 1.29 is 4.52 Å². The van der Waals surface area contributed by atoms with Crippen molar-refractivity contribution in [2.24, 2.45) is 0 Å². The Morgan fingerprint density at radius 2 is 1.90 bits per heavy atom. The highest BCUT2D eigenvalue weighted by atomic mass is 16.5. The first-order chi connectivity index (χ1) is 9.81. The van der Waals surface area contributed by atoms with E-state index in [1.807, 2.05) is 0 Å². The van der Waals surface area contributed by atoms with Crippen LogP contribution in [0, 0.1) is 0 Å². The Bertz CT molecular complexity index is 372. The van der Waals surface area contributed by atoms with Gasteiger partial charge in [0.1, 0.15) is 0 Å². The molecule has 0 aromatic carbocycles. The molecule has 0 atom stereocenters. The molecule has 0 amide bonds. The SMILES string of the molecule is CCCNCc1cc(CN2CCN(CCC)CC2)on1. The van der Waals surface area contributed by atoms with E-state index in [-0.39, 0.29) is 0 Å². The molecule has 1 N–H and O–H groups in total. The fourth-order valence-electron chi connectivity index (χ4n) is 2.61. The van der Waals surface area contributed by atoms with Gasteiger partial charge in [-0.15, -0.1) is 0 Å². The van der Waals surface area contributed by atoms with Crippen LogP contribution in [0.4, 0.5) is 0 Å². The Labute approximate surface area is 122 Å². The molecule has 1 aliphatic heterocycles. The molecule has 1 fully saturated rings. The predicted molar refractivity (Wildman–Crippen MR) is 80.5 cm³/mol. The summed E-state index contributed by atoms with van der Waals surface area (Å²) >= 11 is 0. The lowest BCUT2D eigenvalue weighted by molar-refractivity contribution is 0.118. The van der Waals surface area contributed by atoms with Crippen LogP contribution in [0.5, 0.6) is 0 Å². The fraction of sp³-hybridized carbons (Fsp3) is 0.800. The Morgan fingerprint density at radius 1 is 1.15 bits per heavy atom. The summed E-state index contributed by atoms with van der Waals surface area (Å²) < 4.78 is 5.43. The van der Waals surface area contributed by atoms with Gasteiger partial charge in [0.25, 0.3) is 0 Å². The Kier molecular flexibility index (Phi) is 6.50. The minimum atomic E-state index is 0.807. The van der Waals surface area contributed by atoms with Gasteiger partial charge in [-0.3, -0.25) is 4.90 Å². The van der Waals surface area contributed by atoms with Gasteiger partial charge in [0.15, 0.2) is 5.76 Å². The molecule has 1 aromatic rings. The highest BCUT2D eigenvalue weighted by molar-refractivity contribution is 5.05. The van der Waals surface area contributed by atoms with E-state index in [4.69, 9.17) is 4.52 Å². The topological polar surface area (TPSA) is 44.5 Å². The number of aromatic nitrogens is 1. The monoisotopic (exact) mass is 280 g/mol. The summed E-state index contributed by atoms with van der Waals surface area (Å²) in [4.78, 5) is 4.99. The maximum atomic E-state index is 5.43. The molecule has 0 bridgehead atoms. The van der Waals surface area contributed by atoms with Gasteiger partial charge in [0.05, 0.1) is 12.2 Å². The fourth-order valence-corrected chi connectivity index (χ4v) is 2.61. The lowest BCUT2D eigenvalue weighted by atomic mass is 10.2. The van der Waals surface area contributed by atoms with Gasteiger partial charge in [0.2, 0.25) is 0 Å². The van der Waals surface area contributed by atoms with E-state index in [0.717, 1.165) is 50.6 Å². The van der Waals surface area contributed by atoms with Crippen molar-refractivity contribution in [2.45, 2.75) is 39.8 Å². The van der Waals surface area contributed by atoms with Crippen LogP contribution in [0.3, 0.4) is 0 Å². The van der Waals surface area contributed by atoms with E-state index in [1.165, 1.54) is 26.1 Å². The van der Waals surface area contributed by atoms with Crippen molar-refractivity contribution in [3.8, 4) is 0 Å². The van der Waals surface area contributed by atoms with Crippen LogP contribution in [0.15, 0.2) is 10.6 Å². The zero-order chi connectivity index (χ0) is 14.2. The Morgan fingerprint density at radius 3 is 2.60 bits per heavy atom. The second kappa shape index (κ2) is 8.39. The number of piperazine rings is 1. The second-order valence-electron chi connectivity index (χ2n) is 5.58. The third kappa shape index (κ3) is 4.89. The number of hydrogen-bond acceptors (Lipinski definition) is 5. The van der Waals surface area contributed by atoms with E-state index >= 15 is 0 Å². The molecule has 1 aliphatic rings. The summed E-state index contributed by atoms with van der Waals surface area (Å²) in [5, 5.41) is 7.47. The summed E-state index contributed by atoms with van der Waals surface area (Å²) in [5.41, 5.74) is 1.01. The predicted octanol–water partition coefficient (Wildman–Crippen LogP) is 1.70. The van der Waals surface area contributed by atoms with Gasteiger partial charge in [-0.1, -0.05) is 19.0 Å². The van der Waals surface area contributed by atoms with Crippen LogP contribution >= 0.6 is 0 Å². The van der Waals surface area contributed by atoms with E-state index in [2.05, 4.69) is 40.2 Å². The Hall–Kier alpha value is -0.910. The molecule has 0 spiro atoms. The summed E-state index contributed by atoms with van der Waals surface area (Å²) in [6.45, 7) is 13.0. The van der Waals surface area contributed by atoms with Crippen LogP contribution < -0.4 is 5.32 Å². The molecule has 0 aliphatic carbocycles. The highest BCUT2D eigenvalue weighted by Crippen LogP contribution is 2.10. The molecular weight excluding hydrogens is 252 g/mol. The summed E-state index contributed by atoms with van der Waals surface area (Å²) in [6, 6.07) is 2.08. The minimum absolute atomic E-state index is 0.807. The van der Waals surface area contributed by atoms with Gasteiger partial charge in [-0.2, -0.15) is 0 Å². The number of rotatable bonds is 8. The molecule has 5 heteroatoms. The zero-order valence-corrected chi connectivity index (χ0v) is 12.9. The second-order valence-corrected chi connectivity index (χ2v) is 5.58. The smallest absolute Gasteiger partial charge is 0.151 e. The van der Waals surface area contributed by atoms with Crippen LogP contribution in [-0.4, -0.2) is 54.2 Å². The lowest BCUT2D eigenvalue weighted by Crippen LogP contribution is -2.45. The lowest BCUT2D eigenvalue weighted by Gasteiger charge is -2.33. The van der Waals surface area contributed by atoms with Crippen molar-refractivity contribution >= 4 is 0 Å². The van der Waals surface area contributed by atoms with E-state index in [0.29, 0.717) is 0 Å². The first-order valence-corrected chi connectivity index (χ1v) is 7.91. The third-order valence-corrected chi connectivity index (χ3v) is 3.72. The molecule has 5 nitrogen and oxygen atoms in total. The van der Waals surface area contributed by atoms with Gasteiger partial charge >= 0.3 is 0 Å². The van der Waals surface area contributed by atoms with Gasteiger partial charge in [-0.05, 0) is 25.9 Å². The average molecular weight is 280 g/mol. The van der Waals surface area contributed by atoms with Gasteiger partial charge in [0, 0.05) is 38.8 Å². The van der Waals surface area contributed by atoms with Crippen molar-refractivity contribution in [1.29, 1.82) is 0 Å². The minimum Gasteiger partial charge on any atom is -0.360 e. The molecular formula is C15H28N4O. The summed E-state index contributed by atoms with van der Waals surface area (Å²) in [6.07, 6.45) is 2.39. The molecule has 20 heavy (non-hydrogen) atoms. The van der Waals surface area contributed by atoms with Crippen molar-refractivity contribution in [3.63, 3.8) is 0 Å². The van der Waals surface area contributed by atoms with Crippen LogP contribution in [0.25, 0.3) is 0 Å². The maximum Gasteiger partial charge on any atom is 0.151 e. The first kappa shape index (κ1) is 15.5. The quantitative estimate of drug-likeness (QED) is 0.734.